The number of amides is 1. The van der Waals surface area contributed by atoms with Crippen LogP contribution in [0.25, 0.3) is 11.1 Å². The number of benzene rings is 2. The summed E-state index contributed by atoms with van der Waals surface area (Å²) in [5.74, 6) is 1.57. The minimum absolute atomic E-state index is 0.109. The Morgan fingerprint density at radius 1 is 1.06 bits per heavy atom. The van der Waals surface area contributed by atoms with E-state index < -0.39 is 0 Å². The van der Waals surface area contributed by atoms with Crippen molar-refractivity contribution in [1.29, 1.82) is 0 Å². The molecule has 1 atom stereocenters. The third kappa shape index (κ3) is 5.09. The third-order valence-corrected chi connectivity index (χ3v) is 5.70. The molecule has 0 saturated carbocycles. The quantitative estimate of drug-likeness (QED) is 0.668. The van der Waals surface area contributed by atoms with Gasteiger partial charge in [0.15, 0.2) is 0 Å². The van der Waals surface area contributed by atoms with Gasteiger partial charge < -0.3 is 10.1 Å². The molecule has 0 aliphatic carbocycles. The Morgan fingerprint density at radius 3 is 2.55 bits per heavy atom. The Morgan fingerprint density at radius 2 is 1.77 bits per heavy atom. The van der Waals surface area contributed by atoms with Crippen LogP contribution in [-0.4, -0.2) is 47.5 Å². The van der Waals surface area contributed by atoms with E-state index in [1.807, 2.05) is 49.6 Å². The van der Waals surface area contributed by atoms with Gasteiger partial charge in [-0.1, -0.05) is 42.5 Å². The fourth-order valence-corrected chi connectivity index (χ4v) is 4.12. The summed E-state index contributed by atoms with van der Waals surface area (Å²) in [4.78, 5) is 23.8. The van der Waals surface area contributed by atoms with E-state index in [1.165, 1.54) is 0 Å². The van der Waals surface area contributed by atoms with E-state index in [1.54, 1.807) is 7.11 Å². The maximum absolute atomic E-state index is 12.8. The highest BCUT2D eigenvalue weighted by Crippen LogP contribution is 2.33. The van der Waals surface area contributed by atoms with Crippen molar-refractivity contribution < 1.29 is 9.53 Å². The highest BCUT2D eigenvalue weighted by atomic mass is 16.5. The summed E-state index contributed by atoms with van der Waals surface area (Å²) in [6.07, 6.45) is 4.41. The van der Waals surface area contributed by atoms with Crippen LogP contribution in [0.1, 0.15) is 17.0 Å². The molecule has 31 heavy (non-hydrogen) atoms. The fraction of sp³-hybridized carbons (Fsp3) is 0.320. The van der Waals surface area contributed by atoms with Gasteiger partial charge >= 0.3 is 0 Å². The van der Waals surface area contributed by atoms with Crippen molar-refractivity contribution in [2.75, 3.05) is 26.7 Å². The number of aryl methyl sites for hydroxylation is 1. The number of carbonyl (C=O) groups is 1. The number of nitrogens with one attached hydrogen (secondary N) is 1. The lowest BCUT2D eigenvalue weighted by atomic mass is 9.91. The monoisotopic (exact) mass is 416 g/mol. The first kappa shape index (κ1) is 21.0. The number of methoxy groups -OCH3 is 1. The van der Waals surface area contributed by atoms with Crippen molar-refractivity contribution in [2.45, 2.75) is 19.9 Å². The van der Waals surface area contributed by atoms with E-state index in [2.05, 4.69) is 38.4 Å². The number of aromatic nitrogens is 2. The zero-order valence-electron chi connectivity index (χ0n) is 18.0. The molecule has 2 aromatic carbocycles. The first-order valence-corrected chi connectivity index (χ1v) is 10.6. The van der Waals surface area contributed by atoms with Crippen LogP contribution in [0.5, 0.6) is 5.75 Å². The van der Waals surface area contributed by atoms with Gasteiger partial charge in [0.2, 0.25) is 5.91 Å². The molecule has 0 spiro atoms. The molecule has 1 N–H and O–H groups in total. The second-order valence-corrected chi connectivity index (χ2v) is 7.92. The van der Waals surface area contributed by atoms with Gasteiger partial charge in [0.25, 0.3) is 0 Å². The molecule has 3 aromatic rings. The Labute approximate surface area is 183 Å². The maximum Gasteiger partial charge on any atom is 0.224 e. The van der Waals surface area contributed by atoms with Gasteiger partial charge in [0.05, 0.1) is 13.0 Å². The fourth-order valence-electron chi connectivity index (χ4n) is 4.12. The third-order valence-electron chi connectivity index (χ3n) is 5.70. The van der Waals surface area contributed by atoms with Gasteiger partial charge in [-0.15, -0.1) is 0 Å². The minimum atomic E-state index is -0.135. The lowest BCUT2D eigenvalue weighted by Gasteiger charge is -2.23. The average molecular weight is 417 g/mol. The molecule has 6 heteroatoms. The molecule has 1 fully saturated rings. The number of nitrogens with zero attached hydrogens (tertiary/aromatic N) is 3. The summed E-state index contributed by atoms with van der Waals surface area (Å²) >= 11 is 0. The molecule has 1 amide bonds. The van der Waals surface area contributed by atoms with E-state index in [4.69, 9.17) is 4.74 Å². The molecule has 1 aromatic heterocycles. The van der Waals surface area contributed by atoms with Crippen LogP contribution in [0.15, 0.2) is 60.9 Å². The molecule has 4 rings (SSSR count). The van der Waals surface area contributed by atoms with Gasteiger partial charge in [0, 0.05) is 49.7 Å². The van der Waals surface area contributed by atoms with Crippen LogP contribution >= 0.6 is 0 Å². The molecule has 1 unspecified atom stereocenters. The van der Waals surface area contributed by atoms with Crippen LogP contribution in [-0.2, 0) is 17.8 Å². The van der Waals surface area contributed by atoms with E-state index >= 15 is 0 Å². The molecule has 2 heterocycles. The van der Waals surface area contributed by atoms with Crippen LogP contribution in [0, 0.1) is 12.8 Å². The lowest BCUT2D eigenvalue weighted by molar-refractivity contribution is -0.124. The highest BCUT2D eigenvalue weighted by Gasteiger charge is 2.26. The second kappa shape index (κ2) is 9.71. The van der Waals surface area contributed by atoms with Crippen molar-refractivity contribution in [3.8, 4) is 16.9 Å². The standard InChI is InChI=1S/C25H28N4O2/c1-18-27-14-19(15-28-18)16-29-12-11-26-25(30)21(17-29)13-20-7-3-4-8-22(20)23-9-5-6-10-24(23)31-2/h3-10,14-15,21H,11-13,16-17H2,1-2H3,(H,26,30). The Hall–Kier alpha value is -3.25. The molecule has 1 aliphatic heterocycles. The molecular weight excluding hydrogens is 388 g/mol. The Bertz CT molecular complexity index is 1040. The summed E-state index contributed by atoms with van der Waals surface area (Å²) in [5, 5.41) is 3.08. The zero-order chi connectivity index (χ0) is 21.6. The number of hydrogen-bond acceptors (Lipinski definition) is 5. The van der Waals surface area contributed by atoms with Crippen molar-refractivity contribution >= 4 is 5.91 Å². The number of carbonyl (C=O) groups excluding carboxylic acids is 1. The van der Waals surface area contributed by atoms with E-state index in [0.29, 0.717) is 19.5 Å². The summed E-state index contributed by atoms with van der Waals surface area (Å²) < 4.78 is 5.58. The number of ether oxygens (including phenoxy) is 1. The van der Waals surface area contributed by atoms with Gasteiger partial charge in [-0.25, -0.2) is 9.97 Å². The number of para-hydroxylation sites is 1. The average Bonchev–Trinajstić information content (AvgIpc) is 2.96. The lowest BCUT2D eigenvalue weighted by Crippen LogP contribution is -2.33. The van der Waals surface area contributed by atoms with E-state index in [-0.39, 0.29) is 11.8 Å². The molecule has 0 bridgehead atoms. The summed E-state index contributed by atoms with van der Waals surface area (Å²) in [6, 6.07) is 16.3. The van der Waals surface area contributed by atoms with Crippen LogP contribution < -0.4 is 10.1 Å². The zero-order valence-corrected chi connectivity index (χ0v) is 18.0. The largest absolute Gasteiger partial charge is 0.496 e. The first-order chi connectivity index (χ1) is 15.1. The predicted octanol–water partition coefficient (Wildman–Crippen LogP) is 3.25. The normalized spacial score (nSPS) is 17.1. The summed E-state index contributed by atoms with van der Waals surface area (Å²) in [5.41, 5.74) is 4.36. The van der Waals surface area contributed by atoms with E-state index in [0.717, 1.165) is 46.9 Å². The molecule has 0 radical (unpaired) electrons. The Kier molecular flexibility index (Phi) is 6.57. The van der Waals surface area contributed by atoms with E-state index in [9.17, 15) is 4.79 Å². The topological polar surface area (TPSA) is 67.3 Å². The Balaban J connectivity index is 1.56. The van der Waals surface area contributed by atoms with Crippen LogP contribution in [0.4, 0.5) is 0 Å². The van der Waals surface area contributed by atoms with Crippen LogP contribution in [0.3, 0.4) is 0 Å². The molecule has 160 valence electrons. The molecule has 1 saturated heterocycles. The second-order valence-electron chi connectivity index (χ2n) is 7.92. The SMILES string of the molecule is COc1ccccc1-c1ccccc1CC1CN(Cc2cnc(C)nc2)CCNC1=O. The number of rotatable bonds is 6. The van der Waals surface area contributed by atoms with Gasteiger partial charge in [-0.2, -0.15) is 0 Å². The van der Waals surface area contributed by atoms with Gasteiger partial charge in [-0.3, -0.25) is 9.69 Å². The van der Waals surface area contributed by atoms with Crippen molar-refractivity contribution in [1.82, 2.24) is 20.2 Å². The molecule has 1 aliphatic rings. The summed E-state index contributed by atoms with van der Waals surface area (Å²) in [6.45, 7) is 4.77. The first-order valence-electron chi connectivity index (χ1n) is 10.6. The van der Waals surface area contributed by atoms with Crippen molar-refractivity contribution in [3.63, 3.8) is 0 Å². The number of hydrogen-bond donors (Lipinski definition) is 1. The van der Waals surface area contributed by atoms with Gasteiger partial charge in [0.1, 0.15) is 11.6 Å². The molecular formula is C25H28N4O2. The minimum Gasteiger partial charge on any atom is -0.496 e. The van der Waals surface area contributed by atoms with Crippen LogP contribution in [0.2, 0.25) is 0 Å². The molecule has 6 nitrogen and oxygen atoms in total. The highest BCUT2D eigenvalue weighted by molar-refractivity contribution is 5.80. The summed E-state index contributed by atoms with van der Waals surface area (Å²) in [7, 11) is 1.69. The maximum atomic E-state index is 12.8. The van der Waals surface area contributed by atoms with Gasteiger partial charge in [-0.05, 0) is 30.5 Å². The van der Waals surface area contributed by atoms with Crippen molar-refractivity contribution in [3.05, 3.63) is 77.9 Å². The van der Waals surface area contributed by atoms with Crippen molar-refractivity contribution in [2.24, 2.45) is 5.92 Å². The smallest absolute Gasteiger partial charge is 0.224 e. The predicted molar refractivity (Wildman–Crippen MR) is 121 cm³/mol.